The van der Waals surface area contributed by atoms with Crippen LogP contribution in [0.4, 0.5) is 0 Å². The van der Waals surface area contributed by atoms with Crippen molar-refractivity contribution in [1.82, 2.24) is 30.1 Å². The average molecular weight is 280 g/mol. The van der Waals surface area contributed by atoms with Crippen LogP contribution >= 0.6 is 0 Å². The van der Waals surface area contributed by atoms with Gasteiger partial charge in [-0.05, 0) is 18.2 Å². The van der Waals surface area contributed by atoms with Crippen molar-refractivity contribution >= 4 is 28.2 Å². The van der Waals surface area contributed by atoms with Crippen LogP contribution in [-0.4, -0.2) is 41.2 Å². The number of nitrogens with zero attached hydrogens (tertiary/aromatic N) is 4. The lowest BCUT2D eigenvalue weighted by atomic mass is 10.1. The molecule has 102 valence electrons. The molecule has 4 aromatic rings. The molecule has 4 rings (SSSR count). The number of hydrogen-bond donors (Lipinski definition) is 3. The standard InChI is InChI=1S/C13H8N6O2/c20-13(21)12-15-8-5-7-9(6-1-3-14-4-2-6)18-19-10(7)16-11(8)17-12/h1-5H,(H,20,21)(H2,15,16,17,18,19). The number of imidazole rings is 1. The Morgan fingerprint density at radius 3 is 2.71 bits per heavy atom. The Morgan fingerprint density at radius 1 is 1.14 bits per heavy atom. The van der Waals surface area contributed by atoms with Crippen LogP contribution in [0.1, 0.15) is 10.6 Å². The van der Waals surface area contributed by atoms with E-state index in [1.54, 1.807) is 18.5 Å². The molecule has 0 saturated carbocycles. The molecule has 4 aromatic heterocycles. The van der Waals surface area contributed by atoms with Crippen molar-refractivity contribution in [3.63, 3.8) is 0 Å². The third kappa shape index (κ3) is 1.73. The van der Waals surface area contributed by atoms with Crippen molar-refractivity contribution < 1.29 is 9.90 Å². The van der Waals surface area contributed by atoms with Crippen LogP contribution in [0.5, 0.6) is 0 Å². The van der Waals surface area contributed by atoms with Gasteiger partial charge in [0.1, 0.15) is 11.2 Å². The van der Waals surface area contributed by atoms with Gasteiger partial charge in [0.2, 0.25) is 5.82 Å². The van der Waals surface area contributed by atoms with E-state index in [-0.39, 0.29) is 5.82 Å². The second kappa shape index (κ2) is 4.10. The van der Waals surface area contributed by atoms with E-state index in [1.165, 1.54) is 0 Å². The number of aromatic amines is 2. The summed E-state index contributed by atoms with van der Waals surface area (Å²) in [5.41, 5.74) is 3.07. The van der Waals surface area contributed by atoms with Gasteiger partial charge in [-0.3, -0.25) is 10.1 Å². The molecular formula is C13H8N6O2. The monoisotopic (exact) mass is 280 g/mol. The summed E-state index contributed by atoms with van der Waals surface area (Å²) in [6.45, 7) is 0. The molecule has 8 nitrogen and oxygen atoms in total. The number of hydrogen-bond acceptors (Lipinski definition) is 5. The minimum atomic E-state index is -1.12. The molecule has 0 amide bonds. The summed E-state index contributed by atoms with van der Waals surface area (Å²) in [4.78, 5) is 25.9. The number of aromatic carboxylic acids is 1. The number of carboxylic acid groups (broad SMARTS) is 1. The van der Waals surface area contributed by atoms with Crippen LogP contribution in [0, 0.1) is 0 Å². The Bertz CT molecular complexity index is 972. The van der Waals surface area contributed by atoms with Crippen LogP contribution in [0.2, 0.25) is 0 Å². The molecule has 0 aliphatic rings. The van der Waals surface area contributed by atoms with E-state index in [9.17, 15) is 4.79 Å². The number of rotatable bonds is 2. The van der Waals surface area contributed by atoms with E-state index in [0.717, 1.165) is 16.6 Å². The van der Waals surface area contributed by atoms with Crippen LogP contribution in [0.25, 0.3) is 33.5 Å². The SMILES string of the molecule is O=C(O)c1nc2cc3c(-c4ccncc4)n[nH]c3nc2[nH]1. The van der Waals surface area contributed by atoms with Crippen molar-refractivity contribution in [2.45, 2.75) is 0 Å². The topological polar surface area (TPSA) is 120 Å². The van der Waals surface area contributed by atoms with Gasteiger partial charge < -0.3 is 10.1 Å². The van der Waals surface area contributed by atoms with E-state index in [4.69, 9.17) is 5.11 Å². The highest BCUT2D eigenvalue weighted by molar-refractivity contribution is 5.98. The highest BCUT2D eigenvalue weighted by atomic mass is 16.4. The van der Waals surface area contributed by atoms with Crippen LogP contribution in [-0.2, 0) is 0 Å². The van der Waals surface area contributed by atoms with E-state index in [0.29, 0.717) is 16.8 Å². The quantitative estimate of drug-likeness (QED) is 0.512. The summed E-state index contributed by atoms with van der Waals surface area (Å²) in [5, 5.41) is 16.8. The summed E-state index contributed by atoms with van der Waals surface area (Å²) < 4.78 is 0. The Hall–Kier alpha value is -3.29. The van der Waals surface area contributed by atoms with Gasteiger partial charge >= 0.3 is 5.97 Å². The average Bonchev–Trinajstić information content (AvgIpc) is 3.08. The summed E-state index contributed by atoms with van der Waals surface area (Å²) >= 11 is 0. The molecule has 0 atom stereocenters. The number of carbonyl (C=O) groups is 1. The van der Waals surface area contributed by atoms with Crippen molar-refractivity contribution in [3.05, 3.63) is 36.4 Å². The predicted molar refractivity (Wildman–Crippen MR) is 73.7 cm³/mol. The first-order valence-corrected chi connectivity index (χ1v) is 6.11. The van der Waals surface area contributed by atoms with E-state index < -0.39 is 5.97 Å². The summed E-state index contributed by atoms with van der Waals surface area (Å²) in [7, 11) is 0. The van der Waals surface area contributed by atoms with Gasteiger partial charge in [0, 0.05) is 23.3 Å². The smallest absolute Gasteiger partial charge is 0.371 e. The predicted octanol–water partition coefficient (Wildman–Crippen LogP) is 1.59. The normalized spacial score (nSPS) is 11.2. The van der Waals surface area contributed by atoms with Gasteiger partial charge in [-0.1, -0.05) is 0 Å². The van der Waals surface area contributed by atoms with Gasteiger partial charge in [0.05, 0.1) is 0 Å². The molecule has 4 heterocycles. The largest absolute Gasteiger partial charge is 0.475 e. The molecule has 0 aliphatic heterocycles. The third-order valence-electron chi connectivity index (χ3n) is 3.16. The first-order chi connectivity index (χ1) is 10.2. The molecule has 0 spiro atoms. The van der Waals surface area contributed by atoms with E-state index >= 15 is 0 Å². The maximum absolute atomic E-state index is 10.9. The Kier molecular flexibility index (Phi) is 2.25. The zero-order valence-electron chi connectivity index (χ0n) is 10.5. The molecule has 8 heteroatoms. The molecule has 21 heavy (non-hydrogen) atoms. The third-order valence-corrected chi connectivity index (χ3v) is 3.16. The van der Waals surface area contributed by atoms with E-state index in [2.05, 4.69) is 30.1 Å². The maximum atomic E-state index is 10.9. The molecule has 0 aromatic carbocycles. The van der Waals surface area contributed by atoms with Crippen LogP contribution in [0.3, 0.4) is 0 Å². The number of H-pyrrole nitrogens is 2. The molecular weight excluding hydrogens is 272 g/mol. The number of aromatic nitrogens is 6. The van der Waals surface area contributed by atoms with Gasteiger partial charge in [-0.2, -0.15) is 5.10 Å². The first kappa shape index (κ1) is 11.5. The lowest BCUT2D eigenvalue weighted by Crippen LogP contribution is -1.97. The Labute approximate surface area is 116 Å². The Balaban J connectivity index is 1.99. The maximum Gasteiger partial charge on any atom is 0.371 e. The zero-order chi connectivity index (χ0) is 14.4. The van der Waals surface area contributed by atoms with Gasteiger partial charge in [0.15, 0.2) is 11.3 Å². The molecule has 0 unspecified atom stereocenters. The van der Waals surface area contributed by atoms with Gasteiger partial charge in [-0.15, -0.1) is 0 Å². The number of fused-ring (bicyclic) bond motifs is 2. The van der Waals surface area contributed by atoms with Gasteiger partial charge in [-0.25, -0.2) is 14.8 Å². The fourth-order valence-corrected chi connectivity index (χ4v) is 2.21. The second-order valence-corrected chi connectivity index (χ2v) is 4.45. The summed E-state index contributed by atoms with van der Waals surface area (Å²) in [5.74, 6) is -1.26. The van der Waals surface area contributed by atoms with Crippen LogP contribution in [0.15, 0.2) is 30.6 Å². The molecule has 0 bridgehead atoms. The minimum Gasteiger partial charge on any atom is -0.475 e. The summed E-state index contributed by atoms with van der Waals surface area (Å²) in [6, 6.07) is 5.44. The molecule has 3 N–H and O–H groups in total. The van der Waals surface area contributed by atoms with Crippen molar-refractivity contribution in [2.75, 3.05) is 0 Å². The lowest BCUT2D eigenvalue weighted by molar-refractivity contribution is 0.0685. The summed E-state index contributed by atoms with van der Waals surface area (Å²) in [6.07, 6.45) is 3.36. The fraction of sp³-hybridized carbons (Fsp3) is 0. The second-order valence-electron chi connectivity index (χ2n) is 4.45. The number of pyridine rings is 2. The molecule has 0 aliphatic carbocycles. The fourth-order valence-electron chi connectivity index (χ4n) is 2.21. The zero-order valence-corrected chi connectivity index (χ0v) is 10.5. The van der Waals surface area contributed by atoms with Crippen molar-refractivity contribution in [1.29, 1.82) is 0 Å². The van der Waals surface area contributed by atoms with Crippen LogP contribution < -0.4 is 0 Å². The minimum absolute atomic E-state index is 0.136. The van der Waals surface area contributed by atoms with Gasteiger partial charge in [0.25, 0.3) is 0 Å². The molecule has 0 radical (unpaired) electrons. The highest BCUT2D eigenvalue weighted by Crippen LogP contribution is 2.26. The lowest BCUT2D eigenvalue weighted by Gasteiger charge is -1.96. The Morgan fingerprint density at radius 2 is 1.95 bits per heavy atom. The number of carboxylic acids is 1. The van der Waals surface area contributed by atoms with Crippen molar-refractivity contribution in [3.8, 4) is 11.3 Å². The molecule has 0 fully saturated rings. The van der Waals surface area contributed by atoms with E-state index in [1.807, 2.05) is 12.1 Å². The number of nitrogens with one attached hydrogen (secondary N) is 2. The highest BCUT2D eigenvalue weighted by Gasteiger charge is 2.15. The van der Waals surface area contributed by atoms with Crippen molar-refractivity contribution in [2.24, 2.45) is 0 Å². The first-order valence-electron chi connectivity index (χ1n) is 6.11. The molecule has 0 saturated heterocycles.